The summed E-state index contributed by atoms with van der Waals surface area (Å²) in [6, 6.07) is 12.3. The summed E-state index contributed by atoms with van der Waals surface area (Å²) < 4.78 is 38.6. The largest absolute Gasteiger partial charge is 0.352 e. The third-order valence-corrected chi connectivity index (χ3v) is 6.21. The van der Waals surface area contributed by atoms with E-state index in [1.165, 1.54) is 17.7 Å². The monoisotopic (exact) mass is 398 g/mol. The van der Waals surface area contributed by atoms with Crippen LogP contribution in [0.15, 0.2) is 54.6 Å². The van der Waals surface area contributed by atoms with Crippen molar-refractivity contribution in [1.29, 1.82) is 0 Å². The molecule has 0 atom stereocenters. The smallest absolute Gasteiger partial charge is 0.160 e. The zero-order chi connectivity index (χ0) is 20.2. The summed E-state index contributed by atoms with van der Waals surface area (Å²) in [6.45, 7) is 3.53. The fourth-order valence-corrected chi connectivity index (χ4v) is 4.54. The number of hydrogen-bond acceptors (Lipinski definition) is 2. The maximum absolute atomic E-state index is 13.5. The fourth-order valence-electron chi connectivity index (χ4n) is 4.54. The van der Waals surface area contributed by atoms with Crippen LogP contribution < -0.4 is 0 Å². The predicted octanol–water partition coefficient (Wildman–Crippen LogP) is 6.47. The van der Waals surface area contributed by atoms with Crippen LogP contribution in [0.4, 0.5) is 8.78 Å². The van der Waals surface area contributed by atoms with E-state index in [0.29, 0.717) is 23.3 Å². The van der Waals surface area contributed by atoms with Gasteiger partial charge >= 0.3 is 0 Å². The van der Waals surface area contributed by atoms with Crippen molar-refractivity contribution in [1.82, 2.24) is 0 Å². The molecule has 0 spiro atoms. The number of rotatable bonds is 4. The molecule has 0 aromatic heterocycles. The molecule has 154 valence electrons. The minimum atomic E-state index is -0.814. The van der Waals surface area contributed by atoms with Crippen LogP contribution >= 0.6 is 0 Å². The van der Waals surface area contributed by atoms with Crippen LogP contribution in [-0.4, -0.2) is 19.5 Å². The lowest BCUT2D eigenvalue weighted by Gasteiger charge is -2.37. The first kappa shape index (κ1) is 20.2. The van der Waals surface area contributed by atoms with Crippen molar-refractivity contribution in [3.8, 4) is 11.1 Å². The molecule has 4 heteroatoms. The van der Waals surface area contributed by atoms with Gasteiger partial charge in [0.05, 0.1) is 13.2 Å². The third kappa shape index (κ3) is 4.76. The van der Waals surface area contributed by atoms with Crippen LogP contribution in [0.1, 0.15) is 44.1 Å². The molecule has 1 aliphatic carbocycles. The third-order valence-electron chi connectivity index (χ3n) is 6.21. The Hall–Kier alpha value is -2.04. The van der Waals surface area contributed by atoms with Gasteiger partial charge in [0.2, 0.25) is 0 Å². The molecule has 2 aromatic rings. The van der Waals surface area contributed by atoms with Crippen LogP contribution in [0, 0.1) is 23.5 Å². The minimum Gasteiger partial charge on any atom is -0.352 e. The molecule has 2 aliphatic rings. The highest BCUT2D eigenvalue weighted by Gasteiger charge is 2.32. The van der Waals surface area contributed by atoms with Crippen LogP contribution in [-0.2, 0) is 9.47 Å². The van der Waals surface area contributed by atoms with Gasteiger partial charge in [-0.2, -0.15) is 0 Å². The van der Waals surface area contributed by atoms with Crippen molar-refractivity contribution < 1.29 is 18.3 Å². The summed E-state index contributed by atoms with van der Waals surface area (Å²) in [5.41, 5.74) is 2.91. The molecule has 2 fully saturated rings. The van der Waals surface area contributed by atoms with Gasteiger partial charge in [-0.1, -0.05) is 42.5 Å². The summed E-state index contributed by atoms with van der Waals surface area (Å²) in [4.78, 5) is 0. The van der Waals surface area contributed by atoms with Gasteiger partial charge in [0.1, 0.15) is 0 Å². The van der Waals surface area contributed by atoms with Gasteiger partial charge < -0.3 is 9.47 Å². The molecule has 0 N–H and O–H groups in total. The maximum atomic E-state index is 13.5. The predicted molar refractivity (Wildman–Crippen MR) is 110 cm³/mol. The zero-order valence-corrected chi connectivity index (χ0v) is 16.8. The van der Waals surface area contributed by atoms with E-state index in [-0.39, 0.29) is 6.29 Å². The normalized spacial score (nSPS) is 28.0. The quantitative estimate of drug-likeness (QED) is 0.550. The van der Waals surface area contributed by atoms with E-state index in [4.69, 9.17) is 9.47 Å². The SMILES string of the molecule is CC=C[C@H]1CO[C@H]([C@H]2CC[C@H](c3ccc(-c4ccc(F)c(F)c4)cc3)CC2)OC1. The Balaban J connectivity index is 1.32. The lowest BCUT2D eigenvalue weighted by molar-refractivity contribution is -0.222. The van der Waals surface area contributed by atoms with E-state index in [1.807, 2.05) is 19.1 Å². The summed E-state index contributed by atoms with van der Waals surface area (Å²) in [5, 5.41) is 0. The summed E-state index contributed by atoms with van der Waals surface area (Å²) >= 11 is 0. The molecule has 2 aromatic carbocycles. The number of halogens is 2. The molecule has 0 unspecified atom stereocenters. The summed E-state index contributed by atoms with van der Waals surface area (Å²) in [6.07, 6.45) is 8.60. The molecule has 29 heavy (non-hydrogen) atoms. The van der Waals surface area contributed by atoms with Gasteiger partial charge in [-0.15, -0.1) is 0 Å². The van der Waals surface area contributed by atoms with E-state index in [2.05, 4.69) is 24.3 Å². The number of ether oxygens (including phenoxy) is 2. The van der Waals surface area contributed by atoms with Crippen molar-refractivity contribution in [3.05, 3.63) is 71.8 Å². The van der Waals surface area contributed by atoms with Crippen molar-refractivity contribution in [2.45, 2.75) is 44.8 Å². The highest BCUT2D eigenvalue weighted by Crippen LogP contribution is 2.39. The molecular weight excluding hydrogens is 370 g/mol. The molecule has 1 saturated carbocycles. The lowest BCUT2D eigenvalue weighted by Crippen LogP contribution is -2.37. The average molecular weight is 398 g/mol. The number of hydrogen-bond donors (Lipinski definition) is 0. The van der Waals surface area contributed by atoms with E-state index >= 15 is 0 Å². The van der Waals surface area contributed by atoms with Gasteiger partial charge in [0.25, 0.3) is 0 Å². The first-order valence-corrected chi connectivity index (χ1v) is 10.6. The van der Waals surface area contributed by atoms with Crippen molar-refractivity contribution in [2.75, 3.05) is 13.2 Å². The Morgan fingerprint density at radius 3 is 2.10 bits per heavy atom. The highest BCUT2D eigenvalue weighted by atomic mass is 19.2. The van der Waals surface area contributed by atoms with Gasteiger partial charge in [0.15, 0.2) is 17.9 Å². The van der Waals surface area contributed by atoms with E-state index in [0.717, 1.165) is 44.5 Å². The van der Waals surface area contributed by atoms with Crippen molar-refractivity contribution in [2.24, 2.45) is 11.8 Å². The molecule has 0 amide bonds. The Morgan fingerprint density at radius 2 is 1.48 bits per heavy atom. The van der Waals surface area contributed by atoms with Crippen LogP contribution in [0.2, 0.25) is 0 Å². The second-order valence-corrected chi connectivity index (χ2v) is 8.18. The lowest BCUT2D eigenvalue weighted by atomic mass is 9.78. The Kier molecular flexibility index (Phi) is 6.41. The molecular formula is C25H28F2O2. The molecule has 1 aliphatic heterocycles. The Morgan fingerprint density at radius 1 is 0.828 bits per heavy atom. The summed E-state index contributed by atoms with van der Waals surface area (Å²) in [5.74, 6) is -0.246. The van der Waals surface area contributed by atoms with Crippen molar-refractivity contribution >= 4 is 0 Å². The van der Waals surface area contributed by atoms with Gasteiger partial charge in [-0.3, -0.25) is 0 Å². The van der Waals surface area contributed by atoms with E-state index in [9.17, 15) is 8.78 Å². The van der Waals surface area contributed by atoms with Gasteiger partial charge in [-0.05, 0) is 67.3 Å². The Bertz CT molecular complexity index is 830. The molecule has 2 nitrogen and oxygen atoms in total. The topological polar surface area (TPSA) is 18.5 Å². The zero-order valence-electron chi connectivity index (χ0n) is 16.8. The first-order chi connectivity index (χ1) is 14.1. The first-order valence-electron chi connectivity index (χ1n) is 10.6. The number of benzene rings is 2. The second-order valence-electron chi connectivity index (χ2n) is 8.18. The number of allylic oxidation sites excluding steroid dienone is 1. The Labute approximate surface area is 171 Å². The summed E-state index contributed by atoms with van der Waals surface area (Å²) in [7, 11) is 0. The van der Waals surface area contributed by atoms with Gasteiger partial charge in [0, 0.05) is 11.8 Å². The second kappa shape index (κ2) is 9.19. The fraction of sp³-hybridized carbons (Fsp3) is 0.440. The molecule has 1 saturated heterocycles. The molecule has 1 heterocycles. The van der Waals surface area contributed by atoms with Crippen LogP contribution in [0.3, 0.4) is 0 Å². The van der Waals surface area contributed by atoms with E-state index < -0.39 is 11.6 Å². The molecule has 0 radical (unpaired) electrons. The minimum absolute atomic E-state index is 0.0618. The molecule has 0 bridgehead atoms. The highest BCUT2D eigenvalue weighted by molar-refractivity contribution is 5.63. The van der Waals surface area contributed by atoms with Crippen LogP contribution in [0.5, 0.6) is 0 Å². The average Bonchev–Trinajstić information content (AvgIpc) is 2.77. The van der Waals surface area contributed by atoms with Crippen LogP contribution in [0.25, 0.3) is 11.1 Å². The maximum Gasteiger partial charge on any atom is 0.160 e. The molecule has 4 rings (SSSR count). The standard InChI is InChI=1S/C25H28F2O2/c1-2-3-17-15-28-25(29-16-17)21-10-8-19(9-11-21)18-4-6-20(7-5-18)22-12-13-23(26)24(27)14-22/h2-7,12-14,17,19,21,25H,8-11,15-16H2,1H3/t17-,19-,21-,25-. The van der Waals surface area contributed by atoms with E-state index in [1.54, 1.807) is 6.07 Å². The van der Waals surface area contributed by atoms with Gasteiger partial charge in [-0.25, -0.2) is 8.78 Å². The van der Waals surface area contributed by atoms with Crippen molar-refractivity contribution in [3.63, 3.8) is 0 Å².